The molecule has 140 valence electrons. The van der Waals surface area contributed by atoms with Crippen LogP contribution < -0.4 is 0 Å². The molecule has 0 aliphatic rings. The minimum atomic E-state index is -0.583. The minimum Gasteiger partial charge on any atom is -0.464 e. The number of carbonyl (C=O) groups excluding carboxylic acids is 1. The van der Waals surface area contributed by atoms with Gasteiger partial charge in [-0.15, -0.1) is 0 Å². The maximum atomic E-state index is 13.9. The van der Waals surface area contributed by atoms with Gasteiger partial charge in [0.25, 0.3) is 0 Å². The van der Waals surface area contributed by atoms with E-state index in [1.807, 2.05) is 41.1 Å². The van der Waals surface area contributed by atoms with Crippen LogP contribution in [0.25, 0.3) is 22.4 Å². The van der Waals surface area contributed by atoms with Gasteiger partial charge in [-0.3, -0.25) is 0 Å². The van der Waals surface area contributed by atoms with E-state index in [4.69, 9.17) is 16.3 Å². The zero-order valence-electron chi connectivity index (χ0n) is 14.9. The number of aromatic nitrogens is 3. The highest BCUT2D eigenvalue weighted by Crippen LogP contribution is 2.26. The molecule has 0 spiro atoms. The SMILES string of the molecule is COC(=O)c1nc(-c2ccc(Cl)c(F)c2)nc2c1ccn2Cc1ccccc1. The highest BCUT2D eigenvalue weighted by Gasteiger charge is 2.19. The molecule has 0 radical (unpaired) electrons. The Labute approximate surface area is 165 Å². The van der Waals surface area contributed by atoms with Crippen LogP contribution in [0, 0.1) is 5.82 Å². The van der Waals surface area contributed by atoms with E-state index in [0.717, 1.165) is 5.56 Å². The lowest BCUT2D eigenvalue weighted by atomic mass is 10.2. The Kier molecular flexibility index (Phi) is 4.79. The van der Waals surface area contributed by atoms with Crippen molar-refractivity contribution < 1.29 is 13.9 Å². The van der Waals surface area contributed by atoms with Crippen LogP contribution in [0.3, 0.4) is 0 Å². The maximum Gasteiger partial charge on any atom is 0.357 e. The Hall–Kier alpha value is -3.25. The second kappa shape index (κ2) is 7.40. The molecule has 7 heteroatoms. The van der Waals surface area contributed by atoms with E-state index < -0.39 is 11.8 Å². The van der Waals surface area contributed by atoms with E-state index in [1.165, 1.54) is 19.2 Å². The average molecular weight is 396 g/mol. The number of fused-ring (bicyclic) bond motifs is 1. The van der Waals surface area contributed by atoms with Gasteiger partial charge >= 0.3 is 5.97 Å². The lowest BCUT2D eigenvalue weighted by Gasteiger charge is -2.09. The molecule has 0 aliphatic carbocycles. The number of halogens is 2. The Balaban J connectivity index is 1.89. The Morgan fingerprint density at radius 3 is 2.64 bits per heavy atom. The Morgan fingerprint density at radius 2 is 1.93 bits per heavy atom. The van der Waals surface area contributed by atoms with E-state index in [9.17, 15) is 9.18 Å². The van der Waals surface area contributed by atoms with Crippen molar-refractivity contribution in [1.29, 1.82) is 0 Å². The molecule has 4 aromatic rings. The third-order valence-electron chi connectivity index (χ3n) is 4.37. The molecule has 2 aromatic carbocycles. The topological polar surface area (TPSA) is 57.0 Å². The molecule has 0 saturated carbocycles. The van der Waals surface area contributed by atoms with E-state index in [2.05, 4.69) is 9.97 Å². The molecule has 0 atom stereocenters. The third-order valence-corrected chi connectivity index (χ3v) is 4.68. The molecule has 0 aliphatic heterocycles. The van der Waals surface area contributed by atoms with Gasteiger partial charge in [0.05, 0.1) is 17.5 Å². The third kappa shape index (κ3) is 3.34. The van der Waals surface area contributed by atoms with Gasteiger partial charge in [0.1, 0.15) is 11.5 Å². The first kappa shape index (κ1) is 18.1. The molecule has 0 saturated heterocycles. The van der Waals surface area contributed by atoms with Gasteiger partial charge in [-0.25, -0.2) is 19.2 Å². The quantitative estimate of drug-likeness (QED) is 0.469. The zero-order chi connectivity index (χ0) is 19.7. The summed E-state index contributed by atoms with van der Waals surface area (Å²) in [5.74, 6) is -0.945. The normalized spacial score (nSPS) is 11.0. The zero-order valence-corrected chi connectivity index (χ0v) is 15.7. The first-order valence-corrected chi connectivity index (χ1v) is 8.89. The van der Waals surface area contributed by atoms with E-state index in [0.29, 0.717) is 23.1 Å². The van der Waals surface area contributed by atoms with Gasteiger partial charge in [0, 0.05) is 18.3 Å². The molecule has 0 N–H and O–H groups in total. The monoisotopic (exact) mass is 395 g/mol. The van der Waals surface area contributed by atoms with Crippen LogP contribution in [0.15, 0.2) is 60.8 Å². The van der Waals surface area contributed by atoms with Gasteiger partial charge < -0.3 is 9.30 Å². The Morgan fingerprint density at radius 1 is 1.14 bits per heavy atom. The standard InChI is InChI=1S/C21H15ClFN3O2/c1-28-21(27)18-15-9-10-26(12-13-5-3-2-4-6-13)20(15)25-19(24-18)14-7-8-16(22)17(23)11-14/h2-11H,12H2,1H3. The van der Waals surface area contributed by atoms with Gasteiger partial charge in [-0.1, -0.05) is 41.9 Å². The number of hydrogen-bond donors (Lipinski definition) is 0. The van der Waals surface area contributed by atoms with Crippen molar-refractivity contribution in [3.8, 4) is 11.4 Å². The molecule has 0 bridgehead atoms. The number of methoxy groups -OCH3 is 1. The average Bonchev–Trinajstić information content (AvgIpc) is 3.12. The Bertz CT molecular complexity index is 1180. The summed E-state index contributed by atoms with van der Waals surface area (Å²) in [5, 5.41) is 0.575. The van der Waals surface area contributed by atoms with Crippen LogP contribution in [0.2, 0.25) is 5.02 Å². The summed E-state index contributed by atoms with van der Waals surface area (Å²) in [5.41, 5.74) is 2.19. The van der Waals surface area contributed by atoms with Crippen molar-refractivity contribution in [2.75, 3.05) is 7.11 Å². The van der Waals surface area contributed by atoms with Crippen LogP contribution in [-0.2, 0) is 11.3 Å². The largest absolute Gasteiger partial charge is 0.464 e. The molecule has 0 unspecified atom stereocenters. The molecule has 2 aromatic heterocycles. The van der Waals surface area contributed by atoms with Gasteiger partial charge in [0.2, 0.25) is 0 Å². The highest BCUT2D eigenvalue weighted by molar-refractivity contribution is 6.30. The molecule has 2 heterocycles. The fourth-order valence-corrected chi connectivity index (χ4v) is 3.11. The van der Waals surface area contributed by atoms with E-state index >= 15 is 0 Å². The fourth-order valence-electron chi connectivity index (χ4n) is 2.99. The molecule has 4 rings (SSSR count). The van der Waals surface area contributed by atoms with E-state index in [1.54, 1.807) is 12.1 Å². The molecule has 28 heavy (non-hydrogen) atoms. The van der Waals surface area contributed by atoms with Crippen molar-refractivity contribution in [3.05, 3.63) is 82.9 Å². The maximum absolute atomic E-state index is 13.9. The van der Waals surface area contributed by atoms with Gasteiger partial charge in [-0.2, -0.15) is 0 Å². The molecule has 0 amide bonds. The second-order valence-corrected chi connectivity index (χ2v) is 6.59. The lowest BCUT2D eigenvalue weighted by molar-refractivity contribution is 0.0596. The molecule has 0 fully saturated rings. The summed E-state index contributed by atoms with van der Waals surface area (Å²) < 4.78 is 20.7. The van der Waals surface area contributed by atoms with Crippen molar-refractivity contribution in [3.63, 3.8) is 0 Å². The number of nitrogens with zero attached hydrogens (tertiary/aromatic N) is 3. The van der Waals surface area contributed by atoms with E-state index in [-0.39, 0.29) is 16.5 Å². The number of esters is 1. The summed E-state index contributed by atoms with van der Waals surface area (Å²) in [6.45, 7) is 0.566. The first-order valence-electron chi connectivity index (χ1n) is 8.51. The smallest absolute Gasteiger partial charge is 0.357 e. The van der Waals surface area contributed by atoms with Gasteiger partial charge in [0.15, 0.2) is 11.5 Å². The summed E-state index contributed by atoms with van der Waals surface area (Å²) in [7, 11) is 1.29. The van der Waals surface area contributed by atoms with Crippen molar-refractivity contribution in [1.82, 2.24) is 14.5 Å². The van der Waals surface area contributed by atoms with Crippen LogP contribution in [0.1, 0.15) is 16.1 Å². The highest BCUT2D eigenvalue weighted by atomic mass is 35.5. The van der Waals surface area contributed by atoms with Crippen LogP contribution in [0.5, 0.6) is 0 Å². The minimum absolute atomic E-state index is 0.00507. The number of benzene rings is 2. The number of rotatable bonds is 4. The fraction of sp³-hybridized carbons (Fsp3) is 0.0952. The van der Waals surface area contributed by atoms with Crippen LogP contribution >= 0.6 is 11.6 Å². The number of hydrogen-bond acceptors (Lipinski definition) is 4. The van der Waals surface area contributed by atoms with Crippen LogP contribution in [0.4, 0.5) is 4.39 Å². The summed E-state index contributed by atoms with van der Waals surface area (Å²) in [6.07, 6.45) is 1.84. The predicted molar refractivity (Wildman–Crippen MR) is 105 cm³/mol. The van der Waals surface area contributed by atoms with Crippen LogP contribution in [-0.4, -0.2) is 27.6 Å². The summed E-state index contributed by atoms with van der Waals surface area (Å²) >= 11 is 5.77. The number of ether oxygens (including phenoxy) is 1. The summed E-state index contributed by atoms with van der Waals surface area (Å²) in [4.78, 5) is 21.2. The van der Waals surface area contributed by atoms with Crippen molar-refractivity contribution in [2.24, 2.45) is 0 Å². The first-order chi connectivity index (χ1) is 13.6. The summed E-state index contributed by atoms with van der Waals surface area (Å²) in [6, 6.07) is 15.9. The molecular weight excluding hydrogens is 381 g/mol. The molecule has 5 nitrogen and oxygen atoms in total. The lowest BCUT2D eigenvalue weighted by Crippen LogP contribution is -2.08. The predicted octanol–water partition coefficient (Wildman–Crippen LogP) is 4.73. The number of carbonyl (C=O) groups is 1. The van der Waals surface area contributed by atoms with Gasteiger partial charge in [-0.05, 0) is 29.8 Å². The second-order valence-electron chi connectivity index (χ2n) is 6.18. The molecular formula is C21H15ClFN3O2. The van der Waals surface area contributed by atoms with Crippen molar-refractivity contribution >= 4 is 28.6 Å². The van der Waals surface area contributed by atoms with Crippen molar-refractivity contribution in [2.45, 2.75) is 6.54 Å².